The first-order valence-electron chi connectivity index (χ1n) is 7.06. The van der Waals surface area contributed by atoms with Crippen LogP contribution < -0.4 is 5.32 Å². The van der Waals surface area contributed by atoms with Gasteiger partial charge in [0.2, 0.25) is 0 Å². The van der Waals surface area contributed by atoms with Gasteiger partial charge in [-0.05, 0) is 33.3 Å². The summed E-state index contributed by atoms with van der Waals surface area (Å²) < 4.78 is 11.9. The van der Waals surface area contributed by atoms with Crippen LogP contribution in [0.4, 0.5) is 10.5 Å². The van der Waals surface area contributed by atoms with Gasteiger partial charge in [0.05, 0.1) is 12.3 Å². The number of hydrogen-bond acceptors (Lipinski definition) is 4. The van der Waals surface area contributed by atoms with Crippen molar-refractivity contribution in [3.63, 3.8) is 0 Å². The summed E-state index contributed by atoms with van der Waals surface area (Å²) in [4.78, 5) is 23.6. The third kappa shape index (κ3) is 5.89. The number of hydrogen-bond donors (Lipinski definition) is 1. The van der Waals surface area contributed by atoms with Gasteiger partial charge in [0.1, 0.15) is 11.3 Å². The summed E-state index contributed by atoms with van der Waals surface area (Å²) in [6, 6.07) is 1.57. The van der Waals surface area contributed by atoms with Gasteiger partial charge in [-0.15, -0.1) is 0 Å². The topological polar surface area (TPSA) is 69.6 Å². The number of ether oxygens (including phenoxy) is 2. The molecule has 0 aromatic carbocycles. The molecule has 0 aliphatic heterocycles. The van der Waals surface area contributed by atoms with Crippen LogP contribution in [0, 0.1) is 0 Å². The lowest BCUT2D eigenvalue weighted by atomic mass is 10.2. The van der Waals surface area contributed by atoms with E-state index in [9.17, 15) is 9.59 Å². The molecule has 1 heterocycles. The lowest BCUT2D eigenvalue weighted by Gasteiger charge is -2.19. The highest BCUT2D eigenvalue weighted by Gasteiger charge is 2.18. The minimum atomic E-state index is -0.569. The number of nitrogens with one attached hydrogen (secondary N) is 1. The third-order valence-electron chi connectivity index (χ3n) is 2.59. The zero-order valence-corrected chi connectivity index (χ0v) is 13.4. The molecule has 1 aromatic rings. The molecule has 1 N–H and O–H groups in total. The second-order valence-corrected chi connectivity index (χ2v) is 5.84. The molecule has 1 amide bonds. The van der Waals surface area contributed by atoms with E-state index >= 15 is 0 Å². The number of unbranched alkanes of at least 4 members (excludes halogenated alkanes) is 1. The molecule has 0 bridgehead atoms. The molecule has 118 valence electrons. The Balaban J connectivity index is 2.65. The lowest BCUT2D eigenvalue weighted by Crippen LogP contribution is -2.27. The second kappa shape index (κ2) is 7.15. The highest BCUT2D eigenvalue weighted by molar-refractivity contribution is 5.91. The van der Waals surface area contributed by atoms with Gasteiger partial charge in [0.15, 0.2) is 0 Å². The van der Waals surface area contributed by atoms with Crippen LogP contribution in [-0.4, -0.2) is 28.8 Å². The fourth-order valence-electron chi connectivity index (χ4n) is 1.64. The number of amides is 1. The summed E-state index contributed by atoms with van der Waals surface area (Å²) >= 11 is 0. The largest absolute Gasteiger partial charge is 0.461 e. The molecule has 0 saturated heterocycles. The molecule has 0 unspecified atom stereocenters. The maximum atomic E-state index is 11.9. The zero-order valence-electron chi connectivity index (χ0n) is 13.4. The summed E-state index contributed by atoms with van der Waals surface area (Å²) in [5.74, 6) is -0.400. The molecule has 1 aromatic heterocycles. The molecule has 0 fully saturated rings. The van der Waals surface area contributed by atoms with Crippen molar-refractivity contribution in [3.8, 4) is 0 Å². The number of carbonyl (C=O) groups is 2. The molecule has 6 nitrogen and oxygen atoms in total. The van der Waals surface area contributed by atoms with E-state index in [1.165, 1.54) is 0 Å². The highest BCUT2D eigenvalue weighted by Crippen LogP contribution is 2.16. The van der Waals surface area contributed by atoms with E-state index in [0.29, 0.717) is 18.0 Å². The van der Waals surface area contributed by atoms with Crippen LogP contribution in [0.5, 0.6) is 0 Å². The molecule has 0 radical (unpaired) electrons. The van der Waals surface area contributed by atoms with Crippen molar-refractivity contribution in [1.29, 1.82) is 0 Å². The van der Waals surface area contributed by atoms with Crippen molar-refractivity contribution < 1.29 is 19.1 Å². The van der Waals surface area contributed by atoms with Crippen molar-refractivity contribution in [2.24, 2.45) is 7.05 Å². The van der Waals surface area contributed by atoms with Crippen LogP contribution in [0.15, 0.2) is 12.3 Å². The minimum Gasteiger partial charge on any atom is -0.461 e. The van der Waals surface area contributed by atoms with Crippen LogP contribution in [0.1, 0.15) is 51.0 Å². The third-order valence-corrected chi connectivity index (χ3v) is 2.59. The monoisotopic (exact) mass is 296 g/mol. The fourth-order valence-corrected chi connectivity index (χ4v) is 1.64. The molecule has 1 rings (SSSR count). The lowest BCUT2D eigenvalue weighted by molar-refractivity contribution is 0.0487. The zero-order chi connectivity index (χ0) is 16.0. The number of rotatable bonds is 5. The number of nitrogens with zero attached hydrogens (tertiary/aromatic N) is 1. The number of anilines is 1. The van der Waals surface area contributed by atoms with Gasteiger partial charge in [-0.25, -0.2) is 9.59 Å². The standard InChI is InChI=1S/C15H24N2O4/c1-6-7-8-20-13(18)12-9-11(10-17(12)5)16-14(19)21-15(2,3)4/h9-10H,6-8H2,1-5H3,(H,16,19). The van der Waals surface area contributed by atoms with E-state index in [1.54, 1.807) is 44.6 Å². The van der Waals surface area contributed by atoms with Crippen molar-refractivity contribution in [1.82, 2.24) is 4.57 Å². The smallest absolute Gasteiger partial charge is 0.412 e. The molecule has 6 heteroatoms. The fraction of sp³-hybridized carbons (Fsp3) is 0.600. The minimum absolute atomic E-state index is 0.386. The number of aryl methyl sites for hydroxylation is 1. The van der Waals surface area contributed by atoms with E-state index in [0.717, 1.165) is 12.8 Å². The Labute approximate surface area is 125 Å². The summed E-state index contributed by atoms with van der Waals surface area (Å²) in [6.07, 6.45) is 2.88. The van der Waals surface area contributed by atoms with Crippen molar-refractivity contribution in [2.45, 2.75) is 46.1 Å². The Morgan fingerprint density at radius 1 is 1.33 bits per heavy atom. The van der Waals surface area contributed by atoms with Gasteiger partial charge < -0.3 is 14.0 Å². The predicted octanol–water partition coefficient (Wildman–Crippen LogP) is 3.33. The van der Waals surface area contributed by atoms with E-state index in [-0.39, 0.29) is 0 Å². The van der Waals surface area contributed by atoms with E-state index in [1.807, 2.05) is 6.92 Å². The summed E-state index contributed by atoms with van der Waals surface area (Å²) in [7, 11) is 1.72. The van der Waals surface area contributed by atoms with Gasteiger partial charge in [-0.2, -0.15) is 0 Å². The quantitative estimate of drug-likeness (QED) is 0.668. The van der Waals surface area contributed by atoms with E-state index < -0.39 is 17.7 Å². The van der Waals surface area contributed by atoms with Crippen LogP contribution in [-0.2, 0) is 16.5 Å². The first-order valence-corrected chi connectivity index (χ1v) is 7.06. The predicted molar refractivity (Wildman–Crippen MR) is 80.5 cm³/mol. The first kappa shape index (κ1) is 17.1. The van der Waals surface area contributed by atoms with Crippen LogP contribution in [0.3, 0.4) is 0 Å². The molecule has 0 atom stereocenters. The molecular formula is C15H24N2O4. The molecule has 0 aliphatic carbocycles. The van der Waals surface area contributed by atoms with Gasteiger partial charge in [-0.1, -0.05) is 13.3 Å². The van der Waals surface area contributed by atoms with Crippen LogP contribution >= 0.6 is 0 Å². The Morgan fingerprint density at radius 3 is 2.57 bits per heavy atom. The molecular weight excluding hydrogens is 272 g/mol. The summed E-state index contributed by atoms with van der Waals surface area (Å²) in [5, 5.41) is 2.59. The molecule has 0 spiro atoms. The van der Waals surface area contributed by atoms with Crippen molar-refractivity contribution in [2.75, 3.05) is 11.9 Å². The average molecular weight is 296 g/mol. The maximum Gasteiger partial charge on any atom is 0.412 e. The Morgan fingerprint density at radius 2 is 2.00 bits per heavy atom. The van der Waals surface area contributed by atoms with Crippen LogP contribution in [0.25, 0.3) is 0 Å². The molecule has 0 aliphatic rings. The van der Waals surface area contributed by atoms with Gasteiger partial charge >= 0.3 is 12.1 Å². The maximum absolute atomic E-state index is 11.9. The number of aromatic nitrogens is 1. The Kier molecular flexibility index (Phi) is 5.81. The number of carbonyl (C=O) groups excluding carboxylic acids is 2. The summed E-state index contributed by atoms with van der Waals surface area (Å²) in [6.45, 7) is 7.78. The van der Waals surface area contributed by atoms with Gasteiger partial charge in [0, 0.05) is 13.2 Å². The van der Waals surface area contributed by atoms with Crippen molar-refractivity contribution >= 4 is 17.7 Å². The second-order valence-electron chi connectivity index (χ2n) is 5.84. The Bertz CT molecular complexity index is 500. The SMILES string of the molecule is CCCCOC(=O)c1cc(NC(=O)OC(C)(C)C)cn1C. The number of esters is 1. The average Bonchev–Trinajstić information content (AvgIpc) is 2.67. The van der Waals surface area contributed by atoms with Gasteiger partial charge in [-0.3, -0.25) is 5.32 Å². The van der Waals surface area contributed by atoms with Crippen LogP contribution in [0.2, 0.25) is 0 Å². The van der Waals surface area contributed by atoms with Crippen molar-refractivity contribution in [3.05, 3.63) is 18.0 Å². The van der Waals surface area contributed by atoms with Gasteiger partial charge in [0.25, 0.3) is 0 Å². The first-order chi connectivity index (χ1) is 9.73. The van der Waals surface area contributed by atoms with E-state index in [2.05, 4.69) is 5.32 Å². The normalized spacial score (nSPS) is 11.1. The molecule has 0 saturated carbocycles. The van der Waals surface area contributed by atoms with E-state index in [4.69, 9.17) is 9.47 Å². The summed E-state index contributed by atoms with van der Waals surface area (Å²) in [5.41, 5.74) is 0.312. The highest BCUT2D eigenvalue weighted by atomic mass is 16.6. The molecule has 21 heavy (non-hydrogen) atoms. The Hall–Kier alpha value is -1.98.